The molecule has 1 amide bonds. The molecule has 1 atom stereocenters. The highest BCUT2D eigenvalue weighted by Crippen LogP contribution is 2.08. The lowest BCUT2D eigenvalue weighted by molar-refractivity contribution is -0.138. The average molecular weight is 240 g/mol. The predicted octanol–water partition coefficient (Wildman–Crippen LogP) is -0.946. The SMILES string of the molecule is CC(C(=O)N1CCN(C)CC1)N1CCNCC1. The topological polar surface area (TPSA) is 38.8 Å². The molecule has 2 aliphatic heterocycles. The maximum atomic E-state index is 12.3. The molecule has 2 fully saturated rings. The minimum atomic E-state index is 0.0421. The smallest absolute Gasteiger partial charge is 0.239 e. The zero-order valence-corrected chi connectivity index (χ0v) is 11.0. The summed E-state index contributed by atoms with van der Waals surface area (Å²) < 4.78 is 0. The van der Waals surface area contributed by atoms with Gasteiger partial charge in [0.1, 0.15) is 0 Å². The maximum absolute atomic E-state index is 12.3. The number of hydrogen-bond acceptors (Lipinski definition) is 4. The molecule has 2 heterocycles. The Balaban J connectivity index is 1.85. The third-order valence-corrected chi connectivity index (χ3v) is 3.87. The van der Waals surface area contributed by atoms with Crippen molar-refractivity contribution in [2.24, 2.45) is 0 Å². The van der Waals surface area contributed by atoms with Crippen molar-refractivity contribution in [2.45, 2.75) is 13.0 Å². The molecule has 0 radical (unpaired) electrons. The van der Waals surface area contributed by atoms with Crippen LogP contribution in [0.1, 0.15) is 6.92 Å². The lowest BCUT2D eigenvalue weighted by Crippen LogP contribution is -2.56. The van der Waals surface area contributed by atoms with E-state index in [-0.39, 0.29) is 6.04 Å². The van der Waals surface area contributed by atoms with Gasteiger partial charge in [-0.3, -0.25) is 9.69 Å². The summed E-state index contributed by atoms with van der Waals surface area (Å²) in [4.78, 5) is 18.9. The van der Waals surface area contributed by atoms with Gasteiger partial charge in [0.05, 0.1) is 6.04 Å². The summed E-state index contributed by atoms with van der Waals surface area (Å²) in [5.74, 6) is 0.306. The van der Waals surface area contributed by atoms with E-state index >= 15 is 0 Å². The highest BCUT2D eigenvalue weighted by molar-refractivity contribution is 5.81. The van der Waals surface area contributed by atoms with Gasteiger partial charge in [-0.1, -0.05) is 0 Å². The molecular formula is C12H24N4O. The predicted molar refractivity (Wildman–Crippen MR) is 68.0 cm³/mol. The number of carbonyl (C=O) groups is 1. The van der Waals surface area contributed by atoms with Gasteiger partial charge in [-0.2, -0.15) is 0 Å². The van der Waals surface area contributed by atoms with E-state index in [2.05, 4.69) is 22.2 Å². The molecule has 0 aromatic rings. The van der Waals surface area contributed by atoms with Crippen LogP contribution >= 0.6 is 0 Å². The Morgan fingerprint density at radius 1 is 1.06 bits per heavy atom. The van der Waals surface area contributed by atoms with E-state index < -0.39 is 0 Å². The third kappa shape index (κ3) is 3.18. The summed E-state index contributed by atoms with van der Waals surface area (Å²) in [7, 11) is 2.11. The van der Waals surface area contributed by atoms with Crippen LogP contribution in [0.4, 0.5) is 0 Å². The van der Waals surface area contributed by atoms with Gasteiger partial charge in [0.15, 0.2) is 0 Å². The molecule has 0 bridgehead atoms. The van der Waals surface area contributed by atoms with Crippen LogP contribution in [0.25, 0.3) is 0 Å². The minimum absolute atomic E-state index is 0.0421. The number of rotatable bonds is 2. The Bertz CT molecular complexity index is 257. The van der Waals surface area contributed by atoms with Crippen LogP contribution in [-0.2, 0) is 4.79 Å². The Hall–Kier alpha value is -0.650. The number of nitrogens with zero attached hydrogens (tertiary/aromatic N) is 3. The highest BCUT2D eigenvalue weighted by Gasteiger charge is 2.28. The van der Waals surface area contributed by atoms with E-state index in [9.17, 15) is 4.79 Å². The standard InChI is InChI=1S/C12H24N4O/c1-11(15-5-3-13-4-6-15)12(17)16-9-7-14(2)8-10-16/h11,13H,3-10H2,1-2H3. The largest absolute Gasteiger partial charge is 0.339 e. The lowest BCUT2D eigenvalue weighted by Gasteiger charge is -2.38. The van der Waals surface area contributed by atoms with Crippen LogP contribution < -0.4 is 5.32 Å². The van der Waals surface area contributed by atoms with Crippen molar-refractivity contribution in [3.05, 3.63) is 0 Å². The van der Waals surface area contributed by atoms with Crippen LogP contribution in [0.15, 0.2) is 0 Å². The number of likely N-dealkylation sites (N-methyl/N-ethyl adjacent to an activating group) is 1. The summed E-state index contributed by atoms with van der Waals surface area (Å²) in [6.07, 6.45) is 0. The normalized spacial score (nSPS) is 25.9. The number of nitrogens with one attached hydrogen (secondary N) is 1. The van der Waals surface area contributed by atoms with E-state index in [1.807, 2.05) is 11.8 Å². The summed E-state index contributed by atoms with van der Waals surface area (Å²) in [6, 6.07) is 0.0421. The minimum Gasteiger partial charge on any atom is -0.339 e. The van der Waals surface area contributed by atoms with Crippen molar-refractivity contribution < 1.29 is 4.79 Å². The van der Waals surface area contributed by atoms with Crippen LogP contribution in [0.5, 0.6) is 0 Å². The second-order valence-corrected chi connectivity index (χ2v) is 5.09. The number of amides is 1. The van der Waals surface area contributed by atoms with Gasteiger partial charge in [-0.15, -0.1) is 0 Å². The molecule has 2 aliphatic rings. The molecule has 2 rings (SSSR count). The van der Waals surface area contributed by atoms with Crippen molar-refractivity contribution in [1.29, 1.82) is 0 Å². The molecule has 0 aliphatic carbocycles. The molecule has 0 spiro atoms. The van der Waals surface area contributed by atoms with Crippen molar-refractivity contribution in [2.75, 3.05) is 59.4 Å². The lowest BCUT2D eigenvalue weighted by atomic mass is 10.2. The van der Waals surface area contributed by atoms with Gasteiger partial charge in [-0.25, -0.2) is 0 Å². The van der Waals surface area contributed by atoms with Crippen LogP contribution in [0, 0.1) is 0 Å². The number of carbonyl (C=O) groups excluding carboxylic acids is 1. The summed E-state index contributed by atoms with van der Waals surface area (Å²) in [6.45, 7) is 9.78. The van der Waals surface area contributed by atoms with Gasteiger partial charge >= 0.3 is 0 Å². The van der Waals surface area contributed by atoms with Gasteiger partial charge in [0.25, 0.3) is 0 Å². The van der Waals surface area contributed by atoms with E-state index in [4.69, 9.17) is 0 Å². The molecule has 98 valence electrons. The second-order valence-electron chi connectivity index (χ2n) is 5.09. The van der Waals surface area contributed by atoms with E-state index in [0.29, 0.717) is 5.91 Å². The first-order valence-corrected chi connectivity index (χ1v) is 6.60. The number of hydrogen-bond donors (Lipinski definition) is 1. The number of piperazine rings is 2. The van der Waals surface area contributed by atoms with Gasteiger partial charge in [-0.05, 0) is 14.0 Å². The molecule has 0 aromatic heterocycles. The molecule has 17 heavy (non-hydrogen) atoms. The van der Waals surface area contributed by atoms with Crippen LogP contribution in [-0.4, -0.2) is 86.1 Å². The van der Waals surface area contributed by atoms with Gasteiger partial charge < -0.3 is 15.1 Å². The van der Waals surface area contributed by atoms with Gasteiger partial charge in [0.2, 0.25) is 5.91 Å². The van der Waals surface area contributed by atoms with Crippen molar-refractivity contribution in [3.8, 4) is 0 Å². The first-order chi connectivity index (χ1) is 8.18. The van der Waals surface area contributed by atoms with Crippen molar-refractivity contribution in [1.82, 2.24) is 20.0 Å². The highest BCUT2D eigenvalue weighted by atomic mass is 16.2. The quantitative estimate of drug-likeness (QED) is 0.676. The molecule has 0 saturated carbocycles. The molecule has 1 unspecified atom stereocenters. The Morgan fingerprint density at radius 3 is 2.24 bits per heavy atom. The summed E-state index contributed by atoms with van der Waals surface area (Å²) in [5, 5.41) is 3.32. The fraction of sp³-hybridized carbons (Fsp3) is 0.917. The molecule has 0 aromatic carbocycles. The third-order valence-electron chi connectivity index (χ3n) is 3.87. The van der Waals surface area contributed by atoms with E-state index in [0.717, 1.165) is 52.4 Å². The summed E-state index contributed by atoms with van der Waals surface area (Å²) >= 11 is 0. The van der Waals surface area contributed by atoms with E-state index in [1.165, 1.54) is 0 Å². The molecule has 5 heteroatoms. The monoisotopic (exact) mass is 240 g/mol. The Kier molecular flexibility index (Phi) is 4.36. The van der Waals surface area contributed by atoms with Crippen molar-refractivity contribution >= 4 is 5.91 Å². The molecule has 5 nitrogen and oxygen atoms in total. The van der Waals surface area contributed by atoms with E-state index in [1.54, 1.807) is 0 Å². The first-order valence-electron chi connectivity index (χ1n) is 6.60. The van der Waals surface area contributed by atoms with Crippen molar-refractivity contribution in [3.63, 3.8) is 0 Å². The fourth-order valence-electron chi connectivity index (χ4n) is 2.52. The first kappa shape index (κ1) is 12.8. The van der Waals surface area contributed by atoms with Gasteiger partial charge in [0, 0.05) is 52.4 Å². The Morgan fingerprint density at radius 2 is 1.65 bits per heavy atom. The zero-order valence-electron chi connectivity index (χ0n) is 11.0. The second kappa shape index (κ2) is 5.80. The van der Waals surface area contributed by atoms with Crippen LogP contribution in [0.3, 0.4) is 0 Å². The van der Waals surface area contributed by atoms with Crippen LogP contribution in [0.2, 0.25) is 0 Å². The molecule has 1 N–H and O–H groups in total. The molecule has 2 saturated heterocycles. The maximum Gasteiger partial charge on any atom is 0.239 e. The zero-order chi connectivity index (χ0) is 12.3. The molecular weight excluding hydrogens is 216 g/mol. The Labute approximate surface area is 104 Å². The average Bonchev–Trinajstić information content (AvgIpc) is 2.39. The summed E-state index contributed by atoms with van der Waals surface area (Å²) in [5.41, 5.74) is 0. The fourth-order valence-corrected chi connectivity index (χ4v) is 2.52.